The van der Waals surface area contributed by atoms with Crippen molar-refractivity contribution in [2.45, 2.75) is 38.6 Å². The van der Waals surface area contributed by atoms with Crippen LogP contribution < -0.4 is 10.1 Å². The summed E-state index contributed by atoms with van der Waals surface area (Å²) in [6, 6.07) is 3.78. The highest BCUT2D eigenvalue weighted by atomic mass is 16.5. The van der Waals surface area contributed by atoms with Crippen LogP contribution in [-0.2, 0) is 4.74 Å². The fourth-order valence-corrected chi connectivity index (χ4v) is 3.29. The second kappa shape index (κ2) is 6.02. The first-order valence-electron chi connectivity index (χ1n) is 7.71. The van der Waals surface area contributed by atoms with E-state index < -0.39 is 0 Å². The lowest BCUT2D eigenvalue weighted by atomic mass is 9.60. The van der Waals surface area contributed by atoms with Crippen molar-refractivity contribution in [1.82, 2.24) is 10.3 Å². The molecule has 1 spiro atoms. The minimum absolute atomic E-state index is 0.0406. The molecular weight excluding hydrogens is 268 g/mol. The molecule has 2 heterocycles. The van der Waals surface area contributed by atoms with E-state index in [9.17, 15) is 4.79 Å². The van der Waals surface area contributed by atoms with Gasteiger partial charge in [0.25, 0.3) is 5.91 Å². The second-order valence-electron chi connectivity index (χ2n) is 5.86. The number of nitrogens with zero attached hydrogens (tertiary/aromatic N) is 1. The Kier molecular flexibility index (Phi) is 4.10. The lowest BCUT2D eigenvalue weighted by Gasteiger charge is -2.52. The summed E-state index contributed by atoms with van der Waals surface area (Å²) in [5.41, 5.74) is 0.861. The minimum Gasteiger partial charge on any atom is -0.478 e. The molecule has 1 aliphatic carbocycles. The van der Waals surface area contributed by atoms with Crippen LogP contribution in [0.5, 0.6) is 5.88 Å². The van der Waals surface area contributed by atoms with Gasteiger partial charge in [-0.1, -0.05) is 0 Å². The van der Waals surface area contributed by atoms with Crippen LogP contribution in [0.1, 0.15) is 43.0 Å². The highest BCUT2D eigenvalue weighted by Gasteiger charge is 2.47. The van der Waals surface area contributed by atoms with Crippen LogP contribution in [-0.4, -0.2) is 36.8 Å². The average molecular weight is 290 g/mol. The second-order valence-corrected chi connectivity index (χ2v) is 5.86. The van der Waals surface area contributed by atoms with Gasteiger partial charge in [-0.15, -0.1) is 0 Å². The Hall–Kier alpha value is -1.62. The van der Waals surface area contributed by atoms with Crippen LogP contribution in [0.2, 0.25) is 0 Å². The summed E-state index contributed by atoms with van der Waals surface area (Å²) in [7, 11) is 0. The predicted molar refractivity (Wildman–Crippen MR) is 78.4 cm³/mol. The number of amides is 1. The van der Waals surface area contributed by atoms with Gasteiger partial charge in [-0.05, 0) is 44.1 Å². The number of rotatable bonds is 4. The van der Waals surface area contributed by atoms with E-state index in [-0.39, 0.29) is 17.4 Å². The molecule has 1 aromatic rings. The van der Waals surface area contributed by atoms with E-state index in [4.69, 9.17) is 9.47 Å². The van der Waals surface area contributed by atoms with Crippen LogP contribution >= 0.6 is 0 Å². The Morgan fingerprint density at radius 3 is 2.81 bits per heavy atom. The number of carbonyl (C=O) groups is 1. The number of hydrogen-bond acceptors (Lipinski definition) is 4. The van der Waals surface area contributed by atoms with E-state index in [1.165, 1.54) is 6.42 Å². The average Bonchev–Trinajstić information content (AvgIpc) is 2.53. The minimum atomic E-state index is -0.0406. The molecule has 21 heavy (non-hydrogen) atoms. The standard InChI is InChI=1S/C16H22N2O3/c1-2-21-14-4-3-12(11-17-14)15(19)18-13-5-6-16(13)7-9-20-10-8-16/h3-4,11,13H,2,5-10H2,1H3,(H,18,19). The summed E-state index contributed by atoms with van der Waals surface area (Å²) >= 11 is 0. The van der Waals surface area contributed by atoms with Gasteiger partial charge in [0.1, 0.15) is 0 Å². The van der Waals surface area contributed by atoms with Crippen LogP contribution in [0.4, 0.5) is 0 Å². The molecule has 1 unspecified atom stereocenters. The highest BCUT2D eigenvalue weighted by Crippen LogP contribution is 2.48. The van der Waals surface area contributed by atoms with Gasteiger partial charge in [0.15, 0.2) is 0 Å². The third-order valence-electron chi connectivity index (χ3n) is 4.75. The van der Waals surface area contributed by atoms with Gasteiger partial charge in [-0.3, -0.25) is 4.79 Å². The zero-order chi connectivity index (χ0) is 14.7. The molecule has 0 radical (unpaired) electrons. The van der Waals surface area contributed by atoms with E-state index in [1.807, 2.05) is 6.92 Å². The fourth-order valence-electron chi connectivity index (χ4n) is 3.29. The lowest BCUT2D eigenvalue weighted by Crippen LogP contribution is -2.57. The molecule has 1 aliphatic heterocycles. The number of hydrogen-bond donors (Lipinski definition) is 1. The summed E-state index contributed by atoms with van der Waals surface area (Å²) in [6.45, 7) is 4.12. The van der Waals surface area contributed by atoms with E-state index in [0.717, 1.165) is 32.5 Å². The molecule has 3 rings (SSSR count). The zero-order valence-corrected chi connectivity index (χ0v) is 12.4. The van der Waals surface area contributed by atoms with Crippen molar-refractivity contribution in [2.24, 2.45) is 5.41 Å². The first-order valence-corrected chi connectivity index (χ1v) is 7.71. The first-order chi connectivity index (χ1) is 10.2. The van der Waals surface area contributed by atoms with Crippen molar-refractivity contribution in [1.29, 1.82) is 0 Å². The third-order valence-corrected chi connectivity index (χ3v) is 4.75. The molecule has 1 atom stereocenters. The number of aromatic nitrogens is 1. The van der Waals surface area contributed by atoms with Crippen molar-refractivity contribution in [3.63, 3.8) is 0 Å². The zero-order valence-electron chi connectivity index (χ0n) is 12.4. The molecular formula is C16H22N2O3. The molecule has 1 saturated carbocycles. The molecule has 0 bridgehead atoms. The molecule has 5 heteroatoms. The number of nitrogens with one attached hydrogen (secondary N) is 1. The van der Waals surface area contributed by atoms with Crippen LogP contribution in [0.15, 0.2) is 18.3 Å². The predicted octanol–water partition coefficient (Wildman–Crippen LogP) is 2.17. The molecule has 5 nitrogen and oxygen atoms in total. The molecule has 2 aliphatic rings. The van der Waals surface area contributed by atoms with E-state index in [0.29, 0.717) is 18.1 Å². The number of carbonyl (C=O) groups excluding carboxylic acids is 1. The Balaban J connectivity index is 1.61. The molecule has 1 saturated heterocycles. The monoisotopic (exact) mass is 290 g/mol. The van der Waals surface area contributed by atoms with Gasteiger partial charge in [0, 0.05) is 31.5 Å². The van der Waals surface area contributed by atoms with Gasteiger partial charge in [-0.2, -0.15) is 0 Å². The first kappa shape index (κ1) is 14.3. The maximum atomic E-state index is 12.3. The summed E-state index contributed by atoms with van der Waals surface area (Å²) < 4.78 is 10.7. The van der Waals surface area contributed by atoms with Crippen LogP contribution in [0.3, 0.4) is 0 Å². The molecule has 1 amide bonds. The maximum absolute atomic E-state index is 12.3. The molecule has 1 aromatic heterocycles. The summed E-state index contributed by atoms with van der Waals surface area (Å²) in [4.78, 5) is 16.5. The van der Waals surface area contributed by atoms with Crippen LogP contribution in [0.25, 0.3) is 0 Å². The highest BCUT2D eigenvalue weighted by molar-refractivity contribution is 5.94. The van der Waals surface area contributed by atoms with Crippen molar-refractivity contribution < 1.29 is 14.3 Å². The Bertz CT molecular complexity index is 495. The molecule has 114 valence electrons. The summed E-state index contributed by atoms with van der Waals surface area (Å²) in [5.74, 6) is 0.514. The Labute approximate surface area is 125 Å². The van der Waals surface area contributed by atoms with E-state index in [2.05, 4.69) is 10.3 Å². The third kappa shape index (κ3) is 2.88. The number of ether oxygens (including phenoxy) is 2. The largest absolute Gasteiger partial charge is 0.478 e. The van der Waals surface area contributed by atoms with Crippen molar-refractivity contribution in [2.75, 3.05) is 19.8 Å². The SMILES string of the molecule is CCOc1ccc(C(=O)NC2CCC23CCOCC3)cn1. The fraction of sp³-hybridized carbons (Fsp3) is 0.625. The quantitative estimate of drug-likeness (QED) is 0.923. The summed E-state index contributed by atoms with van der Waals surface area (Å²) in [5, 5.41) is 3.17. The van der Waals surface area contributed by atoms with Crippen molar-refractivity contribution >= 4 is 5.91 Å². The van der Waals surface area contributed by atoms with Gasteiger partial charge < -0.3 is 14.8 Å². The molecule has 0 aromatic carbocycles. The van der Waals surface area contributed by atoms with E-state index >= 15 is 0 Å². The Morgan fingerprint density at radius 2 is 2.24 bits per heavy atom. The molecule has 1 N–H and O–H groups in total. The Morgan fingerprint density at radius 1 is 1.43 bits per heavy atom. The maximum Gasteiger partial charge on any atom is 0.253 e. The van der Waals surface area contributed by atoms with Gasteiger partial charge in [-0.25, -0.2) is 4.98 Å². The van der Waals surface area contributed by atoms with Crippen molar-refractivity contribution in [3.8, 4) is 5.88 Å². The number of pyridine rings is 1. The summed E-state index contributed by atoms with van der Waals surface area (Å²) in [6.07, 6.45) is 5.95. The topological polar surface area (TPSA) is 60.5 Å². The smallest absolute Gasteiger partial charge is 0.253 e. The van der Waals surface area contributed by atoms with Crippen molar-refractivity contribution in [3.05, 3.63) is 23.9 Å². The van der Waals surface area contributed by atoms with Gasteiger partial charge in [0.05, 0.1) is 12.2 Å². The van der Waals surface area contributed by atoms with Crippen LogP contribution in [0, 0.1) is 5.41 Å². The molecule has 2 fully saturated rings. The lowest BCUT2D eigenvalue weighted by molar-refractivity contribution is -0.0523. The normalized spacial score (nSPS) is 23.4. The van der Waals surface area contributed by atoms with Gasteiger partial charge in [0.2, 0.25) is 5.88 Å². The van der Waals surface area contributed by atoms with E-state index in [1.54, 1.807) is 18.3 Å². The van der Waals surface area contributed by atoms with Gasteiger partial charge >= 0.3 is 0 Å².